The molecule has 0 heterocycles. The van der Waals surface area contributed by atoms with Gasteiger partial charge in [0.1, 0.15) is 0 Å². The first kappa shape index (κ1) is 26.1. The number of nitrogens with two attached hydrogens (primary N) is 1. The molecule has 0 aliphatic carbocycles. The number of hydrogen-bond donors (Lipinski definition) is 2. The molecule has 0 aromatic carbocycles. The minimum atomic E-state index is -7.52. The molecule has 0 saturated heterocycles. The first-order chi connectivity index (χ1) is 10.7. The van der Waals surface area contributed by atoms with Crippen LogP contribution < -0.4 is 5.73 Å². The van der Waals surface area contributed by atoms with Crippen molar-refractivity contribution in [2.24, 2.45) is 5.73 Å². The van der Waals surface area contributed by atoms with Gasteiger partial charge in [-0.15, -0.1) is 6.58 Å². The Hall–Kier alpha value is -1.09. The van der Waals surface area contributed by atoms with E-state index in [4.69, 9.17) is 10.3 Å². The maximum Gasteiger partial charge on any atom is 0.438 e. The third-order valence-corrected chi connectivity index (χ3v) is 3.45. The van der Waals surface area contributed by atoms with Gasteiger partial charge in [-0.2, -0.15) is 52.3 Å². The van der Waals surface area contributed by atoms with Crippen molar-refractivity contribution < 1.29 is 56.9 Å². The standard InChI is InChI=1S/C7H6F10O3S.C3H7N/c1-2-3(8,9)4(10,11)5(12,13)6(14,15)7(16,17)21(18,19)20;1-2-3-4/h2H2,1H3,(H,18,19,20);2H,1,3-4H2. The molecule has 0 bridgehead atoms. The summed E-state index contributed by atoms with van der Waals surface area (Å²) in [6.45, 7) is 4.11. The fourth-order valence-electron chi connectivity index (χ4n) is 0.994. The van der Waals surface area contributed by atoms with Crippen LogP contribution in [-0.2, 0) is 10.1 Å². The first-order valence-electron chi connectivity index (χ1n) is 5.90. The molecule has 3 N–H and O–H groups in total. The average molecular weight is 417 g/mol. The van der Waals surface area contributed by atoms with Gasteiger partial charge in [0.2, 0.25) is 0 Å². The molecule has 0 spiro atoms. The lowest BCUT2D eigenvalue weighted by Gasteiger charge is -2.38. The van der Waals surface area contributed by atoms with Crippen LogP contribution >= 0.6 is 0 Å². The van der Waals surface area contributed by atoms with Crippen LogP contribution in [0.2, 0.25) is 0 Å². The predicted molar refractivity (Wildman–Crippen MR) is 65.8 cm³/mol. The van der Waals surface area contributed by atoms with Gasteiger partial charge in [0.15, 0.2) is 0 Å². The third kappa shape index (κ3) is 4.36. The molecule has 0 amide bonds. The van der Waals surface area contributed by atoms with Crippen molar-refractivity contribution in [1.82, 2.24) is 0 Å². The van der Waals surface area contributed by atoms with Crippen LogP contribution in [0.5, 0.6) is 0 Å². The summed E-state index contributed by atoms with van der Waals surface area (Å²) in [4.78, 5) is 0. The maximum absolute atomic E-state index is 12.9. The van der Waals surface area contributed by atoms with E-state index < -0.39 is 45.5 Å². The summed E-state index contributed by atoms with van der Waals surface area (Å²) >= 11 is 0. The van der Waals surface area contributed by atoms with Gasteiger partial charge < -0.3 is 5.73 Å². The lowest BCUT2D eigenvalue weighted by Crippen LogP contribution is -2.68. The SMILES string of the molecule is C=CCN.CCC(F)(F)C(F)(F)C(F)(F)C(F)(F)C(F)(F)S(=O)(=O)O. The van der Waals surface area contributed by atoms with Crippen molar-refractivity contribution in [1.29, 1.82) is 0 Å². The monoisotopic (exact) mass is 417 g/mol. The Balaban J connectivity index is 0. The highest BCUT2D eigenvalue weighted by atomic mass is 32.2. The molecule has 0 rings (SSSR count). The molecule has 25 heavy (non-hydrogen) atoms. The lowest BCUT2D eigenvalue weighted by molar-refractivity contribution is -0.390. The van der Waals surface area contributed by atoms with Crippen LogP contribution in [0, 0.1) is 0 Å². The zero-order valence-electron chi connectivity index (χ0n) is 12.2. The summed E-state index contributed by atoms with van der Waals surface area (Å²) in [5.41, 5.74) is 4.91. The van der Waals surface area contributed by atoms with Crippen LogP contribution in [0.15, 0.2) is 12.7 Å². The van der Waals surface area contributed by atoms with Gasteiger partial charge in [0, 0.05) is 13.0 Å². The highest BCUT2D eigenvalue weighted by Gasteiger charge is 2.88. The summed E-state index contributed by atoms with van der Waals surface area (Å²) < 4.78 is 155. The van der Waals surface area contributed by atoms with Crippen LogP contribution in [0.3, 0.4) is 0 Å². The number of halogens is 10. The normalized spacial score (nSPS) is 14.6. The van der Waals surface area contributed by atoms with E-state index in [-0.39, 0.29) is 6.92 Å². The number of alkyl halides is 10. The molecule has 0 aromatic rings. The van der Waals surface area contributed by atoms with Crippen molar-refractivity contribution in [3.8, 4) is 0 Å². The minimum absolute atomic E-state index is 0.170. The molecule has 0 radical (unpaired) electrons. The largest absolute Gasteiger partial charge is 0.438 e. The van der Waals surface area contributed by atoms with E-state index in [0.717, 1.165) is 0 Å². The highest BCUT2D eigenvalue weighted by Crippen LogP contribution is 2.58. The molecule has 0 atom stereocenters. The Morgan fingerprint density at radius 2 is 1.24 bits per heavy atom. The van der Waals surface area contributed by atoms with Crippen molar-refractivity contribution in [3.05, 3.63) is 12.7 Å². The van der Waals surface area contributed by atoms with E-state index >= 15 is 0 Å². The van der Waals surface area contributed by atoms with E-state index in [0.29, 0.717) is 6.54 Å². The molecule has 4 nitrogen and oxygen atoms in total. The van der Waals surface area contributed by atoms with Crippen molar-refractivity contribution in [2.45, 2.75) is 42.3 Å². The van der Waals surface area contributed by atoms with Gasteiger partial charge in [-0.05, 0) is 0 Å². The van der Waals surface area contributed by atoms with Crippen LogP contribution in [0.25, 0.3) is 0 Å². The Morgan fingerprint density at radius 3 is 1.44 bits per heavy atom. The zero-order chi connectivity index (χ0) is 21.1. The van der Waals surface area contributed by atoms with E-state index in [1.807, 2.05) is 0 Å². The maximum atomic E-state index is 12.9. The second-order valence-corrected chi connectivity index (χ2v) is 5.76. The molecule has 15 heteroatoms. The van der Waals surface area contributed by atoms with Gasteiger partial charge in [0.25, 0.3) is 0 Å². The van der Waals surface area contributed by atoms with E-state index in [1.54, 1.807) is 6.08 Å². The fraction of sp³-hybridized carbons (Fsp3) is 0.800. The molecule has 0 unspecified atom stereocenters. The molecule has 0 aliphatic rings. The second-order valence-electron chi connectivity index (χ2n) is 4.30. The summed E-state index contributed by atoms with van der Waals surface area (Å²) in [6.07, 6.45) is -0.483. The van der Waals surface area contributed by atoms with Crippen LogP contribution in [-0.4, -0.2) is 48.5 Å². The van der Waals surface area contributed by atoms with Crippen LogP contribution in [0.4, 0.5) is 43.9 Å². The van der Waals surface area contributed by atoms with Gasteiger partial charge in [-0.25, -0.2) is 0 Å². The number of hydrogen-bond acceptors (Lipinski definition) is 3. The lowest BCUT2D eigenvalue weighted by atomic mass is 9.97. The molecule has 152 valence electrons. The number of rotatable bonds is 7. The van der Waals surface area contributed by atoms with Crippen molar-refractivity contribution in [3.63, 3.8) is 0 Å². The van der Waals surface area contributed by atoms with Gasteiger partial charge in [-0.3, -0.25) is 4.55 Å². The Kier molecular flexibility index (Phi) is 8.00. The Labute approximate surface area is 135 Å². The van der Waals surface area contributed by atoms with Crippen LogP contribution in [0.1, 0.15) is 13.3 Å². The van der Waals surface area contributed by atoms with Gasteiger partial charge >= 0.3 is 39.1 Å². The van der Waals surface area contributed by atoms with Gasteiger partial charge in [-0.1, -0.05) is 13.0 Å². The van der Waals surface area contributed by atoms with Gasteiger partial charge in [0.05, 0.1) is 0 Å². The Morgan fingerprint density at radius 1 is 0.920 bits per heavy atom. The summed E-state index contributed by atoms with van der Waals surface area (Å²) in [6, 6.07) is 0. The minimum Gasteiger partial charge on any atom is -0.327 e. The quantitative estimate of drug-likeness (QED) is 0.377. The summed E-state index contributed by atoms with van der Waals surface area (Å²) in [7, 11) is -7.30. The second kappa shape index (κ2) is 7.65. The third-order valence-electron chi connectivity index (χ3n) is 2.55. The molecule has 0 saturated carbocycles. The fourth-order valence-corrected chi connectivity index (χ4v) is 1.45. The highest BCUT2D eigenvalue weighted by molar-refractivity contribution is 7.87. The van der Waals surface area contributed by atoms with E-state index in [2.05, 4.69) is 6.58 Å². The van der Waals surface area contributed by atoms with E-state index in [9.17, 15) is 52.3 Å². The van der Waals surface area contributed by atoms with Crippen molar-refractivity contribution >= 4 is 10.1 Å². The smallest absolute Gasteiger partial charge is 0.327 e. The molecule has 0 fully saturated rings. The Bertz CT molecular complexity index is 561. The topological polar surface area (TPSA) is 80.4 Å². The summed E-state index contributed by atoms with van der Waals surface area (Å²) in [5.74, 6) is -27.9. The predicted octanol–water partition coefficient (Wildman–Crippen LogP) is 3.55. The molecular formula is C10H13F10NO3S. The first-order valence-corrected chi connectivity index (χ1v) is 7.34. The van der Waals surface area contributed by atoms with Crippen molar-refractivity contribution in [2.75, 3.05) is 6.54 Å². The zero-order valence-corrected chi connectivity index (χ0v) is 13.0. The summed E-state index contributed by atoms with van der Waals surface area (Å²) in [5, 5.41) is -7.13. The van der Waals surface area contributed by atoms with E-state index in [1.165, 1.54) is 0 Å². The molecule has 0 aromatic heterocycles. The molecular weight excluding hydrogens is 404 g/mol. The average Bonchev–Trinajstić information content (AvgIpc) is 2.45. The molecule has 0 aliphatic heterocycles.